The highest BCUT2D eigenvalue weighted by Gasteiger charge is 2.09. The van der Waals surface area contributed by atoms with Gasteiger partial charge < -0.3 is 5.73 Å². The molecular weight excluding hydrogens is 208 g/mol. The fourth-order valence-electron chi connectivity index (χ4n) is 1.56. The Morgan fingerprint density at radius 1 is 0.812 bits per heavy atom. The maximum Gasteiger partial charge on any atom is 0.123 e. The summed E-state index contributed by atoms with van der Waals surface area (Å²) >= 11 is 0. The summed E-state index contributed by atoms with van der Waals surface area (Å²) in [4.78, 5) is 0. The van der Waals surface area contributed by atoms with Crippen LogP contribution in [-0.4, -0.2) is 0 Å². The van der Waals surface area contributed by atoms with Crippen molar-refractivity contribution in [1.82, 2.24) is 0 Å². The normalized spacial score (nSPS) is 12.4. The topological polar surface area (TPSA) is 26.0 Å². The van der Waals surface area contributed by atoms with Crippen molar-refractivity contribution in [3.63, 3.8) is 0 Å². The van der Waals surface area contributed by atoms with E-state index in [2.05, 4.69) is 0 Å². The third kappa shape index (κ3) is 2.25. The van der Waals surface area contributed by atoms with Gasteiger partial charge in [0.1, 0.15) is 11.6 Å². The molecule has 2 N–H and O–H groups in total. The van der Waals surface area contributed by atoms with Crippen molar-refractivity contribution in [2.45, 2.75) is 6.04 Å². The molecule has 82 valence electrons. The molecular formula is C13H11F2N. The summed E-state index contributed by atoms with van der Waals surface area (Å²) in [6.07, 6.45) is 0. The van der Waals surface area contributed by atoms with Gasteiger partial charge in [0.05, 0.1) is 6.04 Å². The van der Waals surface area contributed by atoms with E-state index < -0.39 is 6.04 Å². The molecule has 1 nitrogen and oxygen atoms in total. The molecule has 2 aromatic rings. The second-order valence-corrected chi connectivity index (χ2v) is 3.58. The number of rotatable bonds is 2. The molecule has 0 saturated carbocycles. The van der Waals surface area contributed by atoms with Gasteiger partial charge in [0.15, 0.2) is 0 Å². The van der Waals surface area contributed by atoms with Gasteiger partial charge in [-0.3, -0.25) is 0 Å². The van der Waals surface area contributed by atoms with Crippen molar-refractivity contribution in [3.8, 4) is 0 Å². The van der Waals surface area contributed by atoms with Crippen LogP contribution in [0.2, 0.25) is 0 Å². The van der Waals surface area contributed by atoms with Gasteiger partial charge in [0.2, 0.25) is 0 Å². The summed E-state index contributed by atoms with van der Waals surface area (Å²) in [5.74, 6) is -0.634. The van der Waals surface area contributed by atoms with Crippen LogP contribution in [0.5, 0.6) is 0 Å². The Kier molecular flexibility index (Phi) is 2.97. The summed E-state index contributed by atoms with van der Waals surface area (Å²) < 4.78 is 25.7. The summed E-state index contributed by atoms with van der Waals surface area (Å²) in [5.41, 5.74) is 7.38. The monoisotopic (exact) mass is 219 g/mol. The van der Waals surface area contributed by atoms with Gasteiger partial charge >= 0.3 is 0 Å². The number of hydrogen-bond donors (Lipinski definition) is 1. The molecule has 0 aliphatic carbocycles. The molecule has 0 spiro atoms. The maximum absolute atomic E-state index is 13.0. The Hall–Kier alpha value is -1.74. The molecule has 0 heterocycles. The van der Waals surface area contributed by atoms with E-state index in [-0.39, 0.29) is 11.6 Å². The van der Waals surface area contributed by atoms with E-state index in [4.69, 9.17) is 5.73 Å². The van der Waals surface area contributed by atoms with Crippen LogP contribution in [0.4, 0.5) is 8.78 Å². The van der Waals surface area contributed by atoms with Crippen LogP contribution in [0.1, 0.15) is 17.2 Å². The molecule has 0 saturated heterocycles. The van der Waals surface area contributed by atoms with E-state index in [9.17, 15) is 8.78 Å². The number of hydrogen-bond acceptors (Lipinski definition) is 1. The molecule has 3 heteroatoms. The average molecular weight is 219 g/mol. The van der Waals surface area contributed by atoms with Crippen LogP contribution < -0.4 is 5.73 Å². The Bertz CT molecular complexity index is 480. The molecule has 0 aliphatic rings. The third-order valence-electron chi connectivity index (χ3n) is 2.44. The van der Waals surface area contributed by atoms with E-state index in [1.165, 1.54) is 24.3 Å². The van der Waals surface area contributed by atoms with Crippen LogP contribution in [0.25, 0.3) is 0 Å². The second kappa shape index (κ2) is 4.41. The Morgan fingerprint density at radius 3 is 2.12 bits per heavy atom. The highest BCUT2D eigenvalue weighted by atomic mass is 19.1. The molecule has 0 bridgehead atoms. The molecule has 0 radical (unpaired) electrons. The van der Waals surface area contributed by atoms with Crippen molar-refractivity contribution < 1.29 is 8.78 Å². The predicted octanol–water partition coefficient (Wildman–Crippen LogP) is 3.01. The van der Waals surface area contributed by atoms with Gasteiger partial charge in [0, 0.05) is 0 Å². The van der Waals surface area contributed by atoms with E-state index >= 15 is 0 Å². The zero-order chi connectivity index (χ0) is 11.5. The summed E-state index contributed by atoms with van der Waals surface area (Å²) in [6, 6.07) is 11.6. The first kappa shape index (κ1) is 10.8. The van der Waals surface area contributed by atoms with Gasteiger partial charge in [-0.25, -0.2) is 8.78 Å². The standard InChI is InChI=1S/C13H11F2N/c14-11-6-4-9(5-7-11)13(16)10-2-1-3-12(15)8-10/h1-8,13H,16H2. The molecule has 0 fully saturated rings. The smallest absolute Gasteiger partial charge is 0.123 e. The highest BCUT2D eigenvalue weighted by molar-refractivity contribution is 5.31. The fourth-order valence-corrected chi connectivity index (χ4v) is 1.56. The summed E-state index contributed by atoms with van der Waals surface area (Å²) in [5, 5.41) is 0. The zero-order valence-corrected chi connectivity index (χ0v) is 8.53. The van der Waals surface area contributed by atoms with Crippen molar-refractivity contribution in [2.24, 2.45) is 5.73 Å². The van der Waals surface area contributed by atoms with Gasteiger partial charge in [-0.1, -0.05) is 24.3 Å². The lowest BCUT2D eigenvalue weighted by molar-refractivity contribution is 0.621. The second-order valence-electron chi connectivity index (χ2n) is 3.58. The molecule has 0 amide bonds. The SMILES string of the molecule is NC(c1ccc(F)cc1)c1cccc(F)c1. The third-order valence-corrected chi connectivity index (χ3v) is 2.44. The molecule has 1 unspecified atom stereocenters. The minimum atomic E-state index is -0.434. The molecule has 2 aromatic carbocycles. The van der Waals surface area contributed by atoms with Gasteiger partial charge in [0.25, 0.3) is 0 Å². The zero-order valence-electron chi connectivity index (χ0n) is 8.53. The van der Waals surface area contributed by atoms with Gasteiger partial charge in [-0.05, 0) is 35.4 Å². The Balaban J connectivity index is 2.31. The summed E-state index contributed by atoms with van der Waals surface area (Å²) in [6.45, 7) is 0. The van der Waals surface area contributed by atoms with Crippen LogP contribution in [0, 0.1) is 11.6 Å². The first-order chi connectivity index (χ1) is 7.66. The van der Waals surface area contributed by atoms with Gasteiger partial charge in [-0.2, -0.15) is 0 Å². The predicted molar refractivity (Wildman–Crippen MR) is 58.8 cm³/mol. The van der Waals surface area contributed by atoms with Crippen LogP contribution in [-0.2, 0) is 0 Å². The molecule has 0 aliphatic heterocycles. The highest BCUT2D eigenvalue weighted by Crippen LogP contribution is 2.20. The summed E-state index contributed by atoms with van der Waals surface area (Å²) in [7, 11) is 0. The molecule has 1 atom stereocenters. The van der Waals surface area contributed by atoms with Crippen LogP contribution in [0.15, 0.2) is 48.5 Å². The minimum Gasteiger partial charge on any atom is -0.320 e. The first-order valence-electron chi connectivity index (χ1n) is 4.93. The van der Waals surface area contributed by atoms with Gasteiger partial charge in [-0.15, -0.1) is 0 Å². The largest absolute Gasteiger partial charge is 0.320 e. The lowest BCUT2D eigenvalue weighted by Gasteiger charge is -2.12. The van der Waals surface area contributed by atoms with Crippen LogP contribution in [0.3, 0.4) is 0 Å². The van der Waals surface area contributed by atoms with Crippen molar-refractivity contribution in [1.29, 1.82) is 0 Å². The lowest BCUT2D eigenvalue weighted by atomic mass is 10.00. The van der Waals surface area contributed by atoms with Crippen molar-refractivity contribution >= 4 is 0 Å². The van der Waals surface area contributed by atoms with E-state index in [1.54, 1.807) is 24.3 Å². The number of nitrogens with two attached hydrogens (primary N) is 1. The lowest BCUT2D eigenvalue weighted by Crippen LogP contribution is -2.11. The molecule has 2 rings (SSSR count). The Labute approximate surface area is 92.5 Å². The fraction of sp³-hybridized carbons (Fsp3) is 0.0769. The van der Waals surface area contributed by atoms with E-state index in [1.807, 2.05) is 0 Å². The average Bonchev–Trinajstić information content (AvgIpc) is 2.29. The quantitative estimate of drug-likeness (QED) is 0.825. The number of halogens is 2. The van der Waals surface area contributed by atoms with E-state index in [0.717, 1.165) is 5.56 Å². The van der Waals surface area contributed by atoms with Crippen LogP contribution >= 0.6 is 0 Å². The van der Waals surface area contributed by atoms with Crippen molar-refractivity contribution in [2.75, 3.05) is 0 Å². The molecule has 16 heavy (non-hydrogen) atoms. The first-order valence-corrected chi connectivity index (χ1v) is 4.93. The maximum atomic E-state index is 13.0. The number of benzene rings is 2. The van der Waals surface area contributed by atoms with Crippen molar-refractivity contribution in [3.05, 3.63) is 71.3 Å². The van der Waals surface area contributed by atoms with E-state index in [0.29, 0.717) is 5.56 Å². The Morgan fingerprint density at radius 2 is 1.50 bits per heavy atom. The minimum absolute atomic E-state index is 0.310. The molecule has 0 aromatic heterocycles.